The molecule has 0 aromatic heterocycles. The molecule has 1 N–H and O–H groups in total. The minimum absolute atomic E-state index is 0.0481. The quantitative estimate of drug-likeness (QED) is 0.412. The molecule has 29 heavy (non-hydrogen) atoms. The summed E-state index contributed by atoms with van der Waals surface area (Å²) in [7, 11) is 0. The van der Waals surface area contributed by atoms with Gasteiger partial charge in [-0.15, -0.1) is 0 Å². The average molecular weight is 456 g/mol. The van der Waals surface area contributed by atoms with Crippen molar-refractivity contribution in [1.82, 2.24) is 5.32 Å². The number of benzene rings is 2. The Morgan fingerprint density at radius 2 is 1.69 bits per heavy atom. The number of nitrogens with one attached hydrogen (secondary N) is 1. The van der Waals surface area contributed by atoms with Crippen LogP contribution >= 0.6 is 35.0 Å². The maximum absolute atomic E-state index is 12.1. The van der Waals surface area contributed by atoms with Crippen LogP contribution in [0.5, 0.6) is 11.5 Å². The second kappa shape index (κ2) is 12.9. The van der Waals surface area contributed by atoms with Gasteiger partial charge in [0, 0.05) is 24.5 Å². The van der Waals surface area contributed by atoms with Crippen LogP contribution < -0.4 is 14.8 Å². The van der Waals surface area contributed by atoms with Crippen LogP contribution in [0.3, 0.4) is 0 Å². The molecular weight excluding hydrogens is 429 g/mol. The fourth-order valence-corrected chi connectivity index (χ4v) is 3.81. The van der Waals surface area contributed by atoms with Crippen molar-refractivity contribution in [2.75, 3.05) is 25.5 Å². The lowest BCUT2D eigenvalue weighted by Gasteiger charge is -2.12. The van der Waals surface area contributed by atoms with Gasteiger partial charge in [-0.1, -0.05) is 35.3 Å². The molecule has 0 bridgehead atoms. The van der Waals surface area contributed by atoms with Gasteiger partial charge < -0.3 is 14.8 Å². The first kappa shape index (κ1) is 23.7. The molecule has 0 saturated heterocycles. The molecule has 0 unspecified atom stereocenters. The summed E-state index contributed by atoms with van der Waals surface area (Å²) in [5.41, 5.74) is 2.18. The van der Waals surface area contributed by atoms with Gasteiger partial charge >= 0.3 is 0 Å². The number of rotatable bonds is 12. The summed E-state index contributed by atoms with van der Waals surface area (Å²) in [5.74, 6) is 3.18. The van der Waals surface area contributed by atoms with Crippen LogP contribution in [0.2, 0.25) is 10.0 Å². The molecule has 158 valence electrons. The fourth-order valence-electron chi connectivity index (χ4n) is 2.68. The Labute approximate surface area is 187 Å². The normalized spacial score (nSPS) is 10.6. The van der Waals surface area contributed by atoms with E-state index >= 15 is 0 Å². The molecule has 0 aliphatic carbocycles. The summed E-state index contributed by atoms with van der Waals surface area (Å²) in [6, 6.07) is 11.5. The largest absolute Gasteiger partial charge is 0.490 e. The van der Waals surface area contributed by atoms with E-state index in [1.54, 1.807) is 17.8 Å². The number of carbonyl (C=O) groups excluding carboxylic acids is 1. The van der Waals surface area contributed by atoms with E-state index in [1.165, 1.54) is 0 Å². The van der Waals surface area contributed by atoms with E-state index in [1.807, 2.05) is 44.2 Å². The maximum Gasteiger partial charge on any atom is 0.220 e. The van der Waals surface area contributed by atoms with Crippen molar-refractivity contribution >= 4 is 40.9 Å². The van der Waals surface area contributed by atoms with Crippen molar-refractivity contribution < 1.29 is 14.3 Å². The number of amides is 1. The lowest BCUT2D eigenvalue weighted by atomic mass is 10.1. The third-order valence-corrected chi connectivity index (χ3v) is 5.84. The van der Waals surface area contributed by atoms with Crippen LogP contribution in [0.25, 0.3) is 0 Å². The average Bonchev–Trinajstić information content (AvgIpc) is 2.71. The van der Waals surface area contributed by atoms with E-state index < -0.39 is 0 Å². The Morgan fingerprint density at radius 3 is 2.41 bits per heavy atom. The van der Waals surface area contributed by atoms with Gasteiger partial charge in [-0.3, -0.25) is 4.79 Å². The molecular formula is C22H27Cl2NO3S. The smallest absolute Gasteiger partial charge is 0.220 e. The summed E-state index contributed by atoms with van der Waals surface area (Å²) in [5, 5.41) is 4.10. The minimum atomic E-state index is 0.0481. The van der Waals surface area contributed by atoms with Crippen molar-refractivity contribution in [3.63, 3.8) is 0 Å². The first-order valence-electron chi connectivity index (χ1n) is 9.70. The van der Waals surface area contributed by atoms with Crippen LogP contribution in [-0.2, 0) is 17.0 Å². The SMILES string of the molecule is CCOc1ccc(CCC(=O)NCCSCc2ccc(Cl)c(Cl)c2)cc1OCC. The van der Waals surface area contributed by atoms with Crippen molar-refractivity contribution in [3.05, 3.63) is 57.6 Å². The molecule has 2 aromatic rings. The highest BCUT2D eigenvalue weighted by Crippen LogP contribution is 2.29. The molecule has 0 heterocycles. The zero-order chi connectivity index (χ0) is 21.1. The molecule has 0 saturated carbocycles. The third kappa shape index (κ3) is 8.37. The maximum atomic E-state index is 12.1. The molecule has 0 radical (unpaired) electrons. The number of halogens is 2. The van der Waals surface area contributed by atoms with Gasteiger partial charge in [0.2, 0.25) is 5.91 Å². The number of hydrogen-bond acceptors (Lipinski definition) is 4. The first-order valence-corrected chi connectivity index (χ1v) is 11.6. The molecule has 2 rings (SSSR count). The molecule has 0 aliphatic heterocycles. The predicted octanol–water partition coefficient (Wildman–Crippen LogP) is 5.77. The third-order valence-electron chi connectivity index (χ3n) is 4.07. The predicted molar refractivity (Wildman–Crippen MR) is 123 cm³/mol. The van der Waals surface area contributed by atoms with Crippen LogP contribution in [0, 0.1) is 0 Å². The highest BCUT2D eigenvalue weighted by atomic mass is 35.5. The highest BCUT2D eigenvalue weighted by molar-refractivity contribution is 7.98. The molecule has 7 heteroatoms. The summed E-state index contributed by atoms with van der Waals surface area (Å²) in [6.45, 7) is 5.68. The number of ether oxygens (including phenoxy) is 2. The van der Waals surface area contributed by atoms with Crippen molar-refractivity contribution in [2.24, 2.45) is 0 Å². The van der Waals surface area contributed by atoms with Crippen LogP contribution in [0.1, 0.15) is 31.4 Å². The van der Waals surface area contributed by atoms with Gasteiger partial charge in [0.05, 0.1) is 23.3 Å². The Morgan fingerprint density at radius 1 is 0.966 bits per heavy atom. The monoisotopic (exact) mass is 455 g/mol. The van der Waals surface area contributed by atoms with Gasteiger partial charge in [0.15, 0.2) is 11.5 Å². The first-order chi connectivity index (χ1) is 14.0. The van der Waals surface area contributed by atoms with E-state index in [2.05, 4.69) is 5.32 Å². The highest BCUT2D eigenvalue weighted by Gasteiger charge is 2.08. The van der Waals surface area contributed by atoms with Gasteiger partial charge in [-0.05, 0) is 55.7 Å². The summed E-state index contributed by atoms with van der Waals surface area (Å²) in [4.78, 5) is 12.1. The van der Waals surface area contributed by atoms with Crippen molar-refractivity contribution in [2.45, 2.75) is 32.4 Å². The van der Waals surface area contributed by atoms with Crippen LogP contribution in [-0.4, -0.2) is 31.4 Å². The second-order valence-electron chi connectivity index (χ2n) is 6.30. The number of aryl methyl sites for hydroxylation is 1. The minimum Gasteiger partial charge on any atom is -0.490 e. The van der Waals surface area contributed by atoms with E-state index in [0.717, 1.165) is 34.1 Å². The Hall–Kier alpha value is -1.56. The number of thioether (sulfide) groups is 1. The standard InChI is InChI=1S/C22H27Cl2NO3S/c1-3-27-20-9-6-16(14-21(20)28-4-2)7-10-22(26)25-11-12-29-15-17-5-8-18(23)19(24)13-17/h5-6,8-9,13-14H,3-4,7,10-12,15H2,1-2H3,(H,25,26). The van der Waals surface area contributed by atoms with Crippen LogP contribution in [0.4, 0.5) is 0 Å². The van der Waals surface area contributed by atoms with Crippen LogP contribution in [0.15, 0.2) is 36.4 Å². The molecule has 0 spiro atoms. The van der Waals surface area contributed by atoms with Gasteiger partial charge in [-0.2, -0.15) is 11.8 Å². The zero-order valence-corrected chi connectivity index (χ0v) is 19.1. The second-order valence-corrected chi connectivity index (χ2v) is 8.22. The number of hydrogen-bond donors (Lipinski definition) is 1. The van der Waals surface area contributed by atoms with E-state index in [0.29, 0.717) is 42.6 Å². The topological polar surface area (TPSA) is 47.6 Å². The summed E-state index contributed by atoms with van der Waals surface area (Å²) in [6.07, 6.45) is 1.10. The number of carbonyl (C=O) groups is 1. The molecule has 4 nitrogen and oxygen atoms in total. The van der Waals surface area contributed by atoms with Gasteiger partial charge in [0.25, 0.3) is 0 Å². The molecule has 0 fully saturated rings. The Balaban J connectivity index is 1.68. The zero-order valence-electron chi connectivity index (χ0n) is 16.8. The molecule has 1 amide bonds. The van der Waals surface area contributed by atoms with Crippen molar-refractivity contribution in [1.29, 1.82) is 0 Å². The van der Waals surface area contributed by atoms with Crippen molar-refractivity contribution in [3.8, 4) is 11.5 Å². The lowest BCUT2D eigenvalue weighted by Crippen LogP contribution is -2.25. The van der Waals surface area contributed by atoms with E-state index in [4.69, 9.17) is 32.7 Å². The summed E-state index contributed by atoms with van der Waals surface area (Å²) >= 11 is 13.7. The molecule has 0 atom stereocenters. The lowest BCUT2D eigenvalue weighted by molar-refractivity contribution is -0.120. The molecule has 2 aromatic carbocycles. The molecule has 0 aliphatic rings. The Bertz CT molecular complexity index is 802. The van der Waals surface area contributed by atoms with E-state index in [9.17, 15) is 4.79 Å². The Kier molecular flexibility index (Phi) is 10.5. The van der Waals surface area contributed by atoms with Gasteiger partial charge in [0.1, 0.15) is 0 Å². The summed E-state index contributed by atoms with van der Waals surface area (Å²) < 4.78 is 11.2. The van der Waals surface area contributed by atoms with Gasteiger partial charge in [-0.25, -0.2) is 0 Å². The van der Waals surface area contributed by atoms with E-state index in [-0.39, 0.29) is 5.91 Å². The fraction of sp³-hybridized carbons (Fsp3) is 0.409.